The van der Waals surface area contributed by atoms with Crippen LogP contribution in [-0.2, 0) is 5.75 Å². The first-order valence-corrected chi connectivity index (χ1v) is 7.62. The largest absolute Gasteiger partial charge is 0.497 e. The number of methoxy groups -OCH3 is 1. The van der Waals surface area contributed by atoms with Crippen LogP contribution in [0.25, 0.3) is 0 Å². The first-order chi connectivity index (χ1) is 10.3. The van der Waals surface area contributed by atoms with Crippen molar-refractivity contribution in [2.45, 2.75) is 17.2 Å². The molecule has 1 heterocycles. The van der Waals surface area contributed by atoms with Gasteiger partial charge in [0, 0.05) is 23.9 Å². The van der Waals surface area contributed by atoms with E-state index in [2.05, 4.69) is 16.8 Å². The predicted octanol–water partition coefficient (Wildman–Crippen LogP) is 3.12. The Labute approximate surface area is 129 Å². The van der Waals surface area contributed by atoms with E-state index in [0.29, 0.717) is 6.42 Å². The lowest BCUT2D eigenvalue weighted by Crippen LogP contribution is -1.91. The van der Waals surface area contributed by atoms with Crippen molar-refractivity contribution in [2.24, 2.45) is 0 Å². The topological polar surface area (TPSA) is 42.4 Å². The fourth-order valence-corrected chi connectivity index (χ4v) is 2.59. The molecule has 0 spiro atoms. The van der Waals surface area contributed by atoms with Crippen molar-refractivity contribution in [2.75, 3.05) is 13.7 Å². The van der Waals surface area contributed by atoms with E-state index in [1.165, 1.54) is 0 Å². The Morgan fingerprint density at radius 3 is 2.90 bits per heavy atom. The fourth-order valence-electron chi connectivity index (χ4n) is 1.74. The number of aromatic nitrogens is 1. The third kappa shape index (κ3) is 4.82. The van der Waals surface area contributed by atoms with Gasteiger partial charge in [0.25, 0.3) is 0 Å². The lowest BCUT2D eigenvalue weighted by atomic mass is 10.1. The van der Waals surface area contributed by atoms with Crippen LogP contribution in [-0.4, -0.2) is 23.8 Å². The predicted molar refractivity (Wildman–Crippen MR) is 85.4 cm³/mol. The van der Waals surface area contributed by atoms with E-state index in [9.17, 15) is 0 Å². The van der Waals surface area contributed by atoms with Gasteiger partial charge in [-0.05, 0) is 35.9 Å². The summed E-state index contributed by atoms with van der Waals surface area (Å²) in [5, 5.41) is 9.79. The van der Waals surface area contributed by atoms with Crippen LogP contribution in [0.3, 0.4) is 0 Å². The van der Waals surface area contributed by atoms with Gasteiger partial charge in [-0.15, -0.1) is 11.8 Å². The normalized spacial score (nSPS) is 9.81. The van der Waals surface area contributed by atoms with Crippen LogP contribution >= 0.6 is 11.8 Å². The molecule has 0 atom stereocenters. The Morgan fingerprint density at radius 2 is 2.19 bits per heavy atom. The first-order valence-electron chi connectivity index (χ1n) is 6.64. The number of nitrogens with zero attached hydrogens (tertiary/aromatic N) is 1. The highest BCUT2D eigenvalue weighted by Gasteiger charge is 2.04. The molecule has 0 fully saturated rings. The maximum atomic E-state index is 8.81. The molecule has 0 saturated carbocycles. The first kappa shape index (κ1) is 15.4. The molecular weight excluding hydrogens is 282 g/mol. The molecule has 3 nitrogen and oxygen atoms in total. The van der Waals surface area contributed by atoms with Gasteiger partial charge in [-0.25, -0.2) is 4.98 Å². The molecule has 2 aromatic rings. The summed E-state index contributed by atoms with van der Waals surface area (Å²) in [4.78, 5) is 4.30. The van der Waals surface area contributed by atoms with Gasteiger partial charge in [0.15, 0.2) is 0 Å². The molecule has 0 radical (unpaired) electrons. The molecular formula is C17H17NO2S. The molecule has 0 bridgehead atoms. The summed E-state index contributed by atoms with van der Waals surface area (Å²) in [6.07, 6.45) is 2.27. The molecule has 0 aliphatic rings. The molecule has 0 aliphatic heterocycles. The van der Waals surface area contributed by atoms with Gasteiger partial charge in [0.05, 0.1) is 18.7 Å². The zero-order valence-corrected chi connectivity index (χ0v) is 12.7. The minimum absolute atomic E-state index is 0.0845. The molecule has 21 heavy (non-hydrogen) atoms. The zero-order valence-electron chi connectivity index (χ0n) is 11.9. The van der Waals surface area contributed by atoms with E-state index >= 15 is 0 Å². The maximum Gasteiger partial charge on any atom is 0.119 e. The summed E-state index contributed by atoms with van der Waals surface area (Å²) in [6, 6.07) is 11.7. The molecule has 0 aliphatic carbocycles. The summed E-state index contributed by atoms with van der Waals surface area (Å²) in [5.41, 5.74) is 2.07. The highest BCUT2D eigenvalue weighted by atomic mass is 32.2. The third-order valence-corrected chi connectivity index (χ3v) is 3.78. The van der Waals surface area contributed by atoms with Gasteiger partial charge in [-0.3, -0.25) is 0 Å². The van der Waals surface area contributed by atoms with Crippen molar-refractivity contribution in [3.63, 3.8) is 0 Å². The Bertz CT molecular complexity index is 632. The summed E-state index contributed by atoms with van der Waals surface area (Å²) in [6.45, 7) is 0.0845. The number of thioether (sulfide) groups is 1. The molecule has 2 rings (SSSR count). The van der Waals surface area contributed by atoms with Gasteiger partial charge in [0.2, 0.25) is 0 Å². The summed E-state index contributed by atoms with van der Waals surface area (Å²) < 4.78 is 5.27. The van der Waals surface area contributed by atoms with E-state index in [1.807, 2.05) is 36.4 Å². The van der Waals surface area contributed by atoms with Crippen molar-refractivity contribution < 1.29 is 9.84 Å². The van der Waals surface area contributed by atoms with Crippen molar-refractivity contribution in [1.82, 2.24) is 4.98 Å². The average Bonchev–Trinajstić information content (AvgIpc) is 2.55. The molecule has 1 aromatic heterocycles. The second-order valence-corrected chi connectivity index (χ2v) is 5.25. The molecule has 1 N–H and O–H groups in total. The molecule has 0 saturated heterocycles. The van der Waals surface area contributed by atoms with Crippen molar-refractivity contribution in [3.05, 3.63) is 53.7 Å². The van der Waals surface area contributed by atoms with Crippen LogP contribution in [0.5, 0.6) is 5.75 Å². The maximum absolute atomic E-state index is 8.81. The van der Waals surface area contributed by atoms with Crippen molar-refractivity contribution >= 4 is 11.8 Å². The minimum atomic E-state index is 0.0845. The van der Waals surface area contributed by atoms with Crippen molar-refractivity contribution in [1.29, 1.82) is 0 Å². The van der Waals surface area contributed by atoms with E-state index in [1.54, 1.807) is 25.1 Å². The standard InChI is InChI=1S/C17H17NO2S/c1-20-16-9-8-14(6-3-5-11-19)15(12-16)13-21-17-7-2-4-10-18-17/h2,4,7-10,12,19H,5,11,13H2,1H3. The van der Waals surface area contributed by atoms with Gasteiger partial charge < -0.3 is 9.84 Å². The van der Waals surface area contributed by atoms with Gasteiger partial charge in [0.1, 0.15) is 5.75 Å². The lowest BCUT2D eigenvalue weighted by molar-refractivity contribution is 0.305. The Balaban J connectivity index is 2.17. The SMILES string of the molecule is COc1ccc(C#CCCO)c(CSc2ccccn2)c1. The third-order valence-electron chi connectivity index (χ3n) is 2.79. The highest BCUT2D eigenvalue weighted by Crippen LogP contribution is 2.25. The smallest absolute Gasteiger partial charge is 0.119 e. The fraction of sp³-hybridized carbons (Fsp3) is 0.235. The number of rotatable bonds is 5. The number of benzene rings is 1. The number of aliphatic hydroxyl groups is 1. The molecule has 4 heteroatoms. The summed E-state index contributed by atoms with van der Waals surface area (Å²) in [5.74, 6) is 7.66. The zero-order chi connectivity index (χ0) is 14.9. The van der Waals surface area contributed by atoms with E-state index < -0.39 is 0 Å². The van der Waals surface area contributed by atoms with E-state index in [0.717, 1.165) is 27.7 Å². The second kappa shape index (κ2) is 8.35. The number of pyridine rings is 1. The van der Waals surface area contributed by atoms with Crippen LogP contribution in [0, 0.1) is 11.8 Å². The number of ether oxygens (including phenoxy) is 1. The second-order valence-electron chi connectivity index (χ2n) is 4.26. The van der Waals surface area contributed by atoms with Gasteiger partial charge in [-0.2, -0.15) is 0 Å². The van der Waals surface area contributed by atoms with Gasteiger partial charge in [-0.1, -0.05) is 17.9 Å². The summed E-state index contributed by atoms with van der Waals surface area (Å²) >= 11 is 1.66. The molecule has 0 amide bonds. The Hall–Kier alpha value is -1.96. The van der Waals surface area contributed by atoms with Crippen LogP contribution in [0.4, 0.5) is 0 Å². The van der Waals surface area contributed by atoms with Crippen LogP contribution in [0.2, 0.25) is 0 Å². The Morgan fingerprint density at radius 1 is 1.29 bits per heavy atom. The number of hydrogen-bond donors (Lipinski definition) is 1. The highest BCUT2D eigenvalue weighted by molar-refractivity contribution is 7.98. The van der Waals surface area contributed by atoms with Crippen LogP contribution in [0.15, 0.2) is 47.6 Å². The van der Waals surface area contributed by atoms with Gasteiger partial charge >= 0.3 is 0 Å². The van der Waals surface area contributed by atoms with E-state index in [4.69, 9.17) is 9.84 Å². The minimum Gasteiger partial charge on any atom is -0.497 e. The average molecular weight is 299 g/mol. The molecule has 108 valence electrons. The van der Waals surface area contributed by atoms with E-state index in [-0.39, 0.29) is 6.61 Å². The molecule has 0 unspecified atom stereocenters. The number of hydrogen-bond acceptors (Lipinski definition) is 4. The van der Waals surface area contributed by atoms with Crippen LogP contribution < -0.4 is 4.74 Å². The Kier molecular flexibility index (Phi) is 6.14. The number of aliphatic hydroxyl groups excluding tert-OH is 1. The lowest BCUT2D eigenvalue weighted by Gasteiger charge is -2.07. The monoisotopic (exact) mass is 299 g/mol. The quantitative estimate of drug-likeness (QED) is 0.680. The summed E-state index contributed by atoms with van der Waals surface area (Å²) in [7, 11) is 1.65. The molecule has 1 aromatic carbocycles. The van der Waals surface area contributed by atoms with Crippen LogP contribution in [0.1, 0.15) is 17.5 Å². The van der Waals surface area contributed by atoms with Crippen molar-refractivity contribution in [3.8, 4) is 17.6 Å².